The quantitative estimate of drug-likeness (QED) is 0.848. The third-order valence-electron chi connectivity index (χ3n) is 3.78. The molecule has 0 atom stereocenters. The summed E-state index contributed by atoms with van der Waals surface area (Å²) < 4.78 is 32.0. The molecule has 1 N–H and O–H groups in total. The molecule has 2 aromatic rings. The van der Waals surface area contributed by atoms with Gasteiger partial charge in [-0.1, -0.05) is 0 Å². The summed E-state index contributed by atoms with van der Waals surface area (Å²) >= 11 is 0. The minimum absolute atomic E-state index is 0.148. The van der Waals surface area contributed by atoms with E-state index in [4.69, 9.17) is 10.00 Å². The molecule has 0 saturated carbocycles. The largest absolute Gasteiger partial charge is 0.471 e. The molecule has 1 aromatic heterocycles. The molecule has 1 aliphatic rings. The second kappa shape index (κ2) is 7.11. The molecule has 8 nitrogen and oxygen atoms in total. The Bertz CT molecular complexity index is 961. The number of aromatic nitrogens is 1. The molecular weight excluding hydrogens is 356 g/mol. The molecule has 1 amide bonds. The number of benzene rings is 1. The van der Waals surface area contributed by atoms with Gasteiger partial charge < -0.3 is 10.1 Å². The van der Waals surface area contributed by atoms with Gasteiger partial charge in [-0.3, -0.25) is 4.79 Å². The third-order valence-corrected chi connectivity index (χ3v) is 5.62. The number of hydrogen-bond donors (Lipinski definition) is 1. The molecule has 134 valence electrons. The molecule has 9 heteroatoms. The van der Waals surface area contributed by atoms with Gasteiger partial charge in [-0.15, -0.1) is 0 Å². The highest BCUT2D eigenvalue weighted by Crippen LogP contribution is 2.25. The molecule has 3 rings (SSSR count). The van der Waals surface area contributed by atoms with Crippen LogP contribution in [-0.4, -0.2) is 42.8 Å². The summed E-state index contributed by atoms with van der Waals surface area (Å²) in [5.41, 5.74) is 0.961. The summed E-state index contributed by atoms with van der Waals surface area (Å²) in [6, 6.07) is 11.1. The van der Waals surface area contributed by atoms with Gasteiger partial charge >= 0.3 is 0 Å². The van der Waals surface area contributed by atoms with E-state index in [9.17, 15) is 13.2 Å². The Morgan fingerprint density at radius 1 is 1.31 bits per heavy atom. The van der Waals surface area contributed by atoms with Gasteiger partial charge in [0.2, 0.25) is 21.8 Å². The van der Waals surface area contributed by atoms with Crippen LogP contribution in [0.25, 0.3) is 0 Å². The van der Waals surface area contributed by atoms with Gasteiger partial charge in [-0.25, -0.2) is 13.4 Å². The molecule has 0 aliphatic carbocycles. The lowest BCUT2D eigenvalue weighted by Crippen LogP contribution is -2.56. The molecule has 0 radical (unpaired) electrons. The van der Waals surface area contributed by atoms with E-state index in [1.165, 1.54) is 35.6 Å². The zero-order chi connectivity index (χ0) is 18.7. The normalized spacial score (nSPS) is 14.9. The van der Waals surface area contributed by atoms with Crippen molar-refractivity contribution in [2.24, 2.45) is 0 Å². The van der Waals surface area contributed by atoms with Crippen LogP contribution in [0.5, 0.6) is 5.88 Å². The highest BCUT2D eigenvalue weighted by molar-refractivity contribution is 7.89. The SMILES string of the molecule is CC(=O)Nc1ccc(S(=O)(=O)N2CC(Oc3cc(C#N)ccn3)C2)cc1. The van der Waals surface area contributed by atoms with Gasteiger partial charge in [0.1, 0.15) is 6.10 Å². The number of ether oxygens (including phenoxy) is 1. The number of carbonyl (C=O) groups is 1. The fourth-order valence-corrected chi connectivity index (χ4v) is 3.95. The van der Waals surface area contributed by atoms with E-state index < -0.39 is 10.0 Å². The number of hydrogen-bond acceptors (Lipinski definition) is 6. The molecule has 1 aliphatic heterocycles. The second-order valence-electron chi connectivity index (χ2n) is 5.76. The zero-order valence-corrected chi connectivity index (χ0v) is 14.7. The Morgan fingerprint density at radius 3 is 2.62 bits per heavy atom. The number of sulfonamides is 1. The van der Waals surface area contributed by atoms with Gasteiger partial charge in [0.05, 0.1) is 29.6 Å². The topological polar surface area (TPSA) is 112 Å². The van der Waals surface area contributed by atoms with Crippen molar-refractivity contribution >= 4 is 21.6 Å². The Labute approximate surface area is 151 Å². The molecule has 0 bridgehead atoms. The lowest BCUT2D eigenvalue weighted by atomic mass is 10.2. The second-order valence-corrected chi connectivity index (χ2v) is 7.70. The maximum Gasteiger partial charge on any atom is 0.243 e. The van der Waals surface area contributed by atoms with Gasteiger partial charge in [0.25, 0.3) is 0 Å². The molecule has 0 spiro atoms. The van der Waals surface area contributed by atoms with Crippen molar-refractivity contribution in [1.82, 2.24) is 9.29 Å². The van der Waals surface area contributed by atoms with Crippen LogP contribution in [-0.2, 0) is 14.8 Å². The summed E-state index contributed by atoms with van der Waals surface area (Å²) in [5.74, 6) is 0.0724. The maximum atomic E-state index is 12.6. The van der Waals surface area contributed by atoms with E-state index in [2.05, 4.69) is 10.3 Å². The first-order valence-electron chi connectivity index (χ1n) is 7.79. The van der Waals surface area contributed by atoms with Crippen molar-refractivity contribution in [3.8, 4) is 11.9 Å². The summed E-state index contributed by atoms with van der Waals surface area (Å²) in [6.45, 7) is 1.79. The van der Waals surface area contributed by atoms with Gasteiger partial charge in [-0.2, -0.15) is 9.57 Å². The Balaban J connectivity index is 1.62. The summed E-state index contributed by atoms with van der Waals surface area (Å²) in [4.78, 5) is 15.2. The number of nitriles is 1. The zero-order valence-electron chi connectivity index (χ0n) is 13.9. The van der Waals surface area contributed by atoms with Crippen LogP contribution in [0.1, 0.15) is 12.5 Å². The van der Waals surface area contributed by atoms with Crippen LogP contribution in [0, 0.1) is 11.3 Å². The Morgan fingerprint density at radius 2 is 2.00 bits per heavy atom. The first-order chi connectivity index (χ1) is 12.4. The predicted octanol–water partition coefficient (Wildman–Crippen LogP) is 1.36. The smallest absolute Gasteiger partial charge is 0.243 e. The predicted molar refractivity (Wildman–Crippen MR) is 92.9 cm³/mol. The van der Waals surface area contributed by atoms with Crippen LogP contribution in [0.3, 0.4) is 0 Å². The van der Waals surface area contributed by atoms with Crippen LogP contribution >= 0.6 is 0 Å². The van der Waals surface area contributed by atoms with Gasteiger partial charge in [0.15, 0.2) is 0 Å². The number of nitrogens with one attached hydrogen (secondary N) is 1. The van der Waals surface area contributed by atoms with Crippen LogP contribution in [0.15, 0.2) is 47.5 Å². The van der Waals surface area contributed by atoms with Crippen LogP contribution in [0.4, 0.5) is 5.69 Å². The van der Waals surface area contributed by atoms with Crippen molar-refractivity contribution in [2.45, 2.75) is 17.9 Å². The van der Waals surface area contributed by atoms with Gasteiger partial charge in [0, 0.05) is 24.9 Å². The monoisotopic (exact) mass is 372 g/mol. The van der Waals surface area contributed by atoms with E-state index in [0.717, 1.165) is 0 Å². The Hall–Kier alpha value is -2.96. The lowest BCUT2D eigenvalue weighted by molar-refractivity contribution is -0.114. The van der Waals surface area contributed by atoms with E-state index >= 15 is 0 Å². The molecular formula is C17H16N4O4S. The standard InChI is InChI=1S/C17H16N4O4S/c1-12(22)20-14-2-4-16(5-3-14)26(23,24)21-10-15(11-21)25-17-8-13(9-18)6-7-19-17/h2-8,15H,10-11H2,1H3,(H,20,22). The van der Waals surface area contributed by atoms with Crippen molar-refractivity contribution < 1.29 is 17.9 Å². The van der Waals surface area contributed by atoms with Crippen LogP contribution in [0.2, 0.25) is 0 Å². The van der Waals surface area contributed by atoms with E-state index in [1.54, 1.807) is 18.2 Å². The van der Waals surface area contributed by atoms with Crippen molar-refractivity contribution in [2.75, 3.05) is 18.4 Å². The van der Waals surface area contributed by atoms with Crippen molar-refractivity contribution in [1.29, 1.82) is 5.26 Å². The first-order valence-corrected chi connectivity index (χ1v) is 9.23. The number of rotatable bonds is 5. The van der Waals surface area contributed by atoms with E-state index in [1.807, 2.05) is 6.07 Å². The molecule has 1 saturated heterocycles. The fraction of sp³-hybridized carbons (Fsp3) is 0.235. The number of nitrogens with zero attached hydrogens (tertiary/aromatic N) is 3. The van der Waals surface area contributed by atoms with E-state index in [0.29, 0.717) is 17.1 Å². The fourth-order valence-electron chi connectivity index (χ4n) is 2.45. The molecule has 1 fully saturated rings. The molecule has 1 aromatic carbocycles. The highest BCUT2D eigenvalue weighted by Gasteiger charge is 2.38. The number of anilines is 1. The third kappa shape index (κ3) is 3.82. The van der Waals surface area contributed by atoms with E-state index in [-0.39, 0.29) is 30.0 Å². The maximum absolute atomic E-state index is 12.6. The number of amides is 1. The lowest BCUT2D eigenvalue weighted by Gasteiger charge is -2.37. The summed E-state index contributed by atoms with van der Waals surface area (Å²) in [6.07, 6.45) is 1.16. The van der Waals surface area contributed by atoms with Gasteiger partial charge in [-0.05, 0) is 30.3 Å². The van der Waals surface area contributed by atoms with Crippen molar-refractivity contribution in [3.05, 3.63) is 48.2 Å². The highest BCUT2D eigenvalue weighted by atomic mass is 32.2. The average molecular weight is 372 g/mol. The molecule has 0 unspecified atom stereocenters. The summed E-state index contributed by atoms with van der Waals surface area (Å²) in [5, 5.41) is 11.5. The first kappa shape index (κ1) is 17.8. The molecule has 26 heavy (non-hydrogen) atoms. The number of carbonyl (C=O) groups excluding carboxylic acids is 1. The minimum Gasteiger partial charge on any atom is -0.471 e. The average Bonchev–Trinajstić information content (AvgIpc) is 2.57. The Kier molecular flexibility index (Phi) is 4.88. The summed E-state index contributed by atoms with van der Waals surface area (Å²) in [7, 11) is -3.62. The van der Waals surface area contributed by atoms with Crippen molar-refractivity contribution in [3.63, 3.8) is 0 Å². The number of pyridine rings is 1. The molecule has 2 heterocycles. The van der Waals surface area contributed by atoms with Crippen LogP contribution < -0.4 is 10.1 Å². The minimum atomic E-state index is -3.62.